The molecule has 5 nitrogen and oxygen atoms in total. The van der Waals surface area contributed by atoms with E-state index in [0.717, 1.165) is 28.3 Å². The topological polar surface area (TPSA) is 47.1 Å². The zero-order chi connectivity index (χ0) is 16.5. The first-order valence-electron chi connectivity index (χ1n) is 7.99. The molecule has 3 heterocycles. The highest BCUT2D eigenvalue weighted by Crippen LogP contribution is 2.23. The summed E-state index contributed by atoms with van der Waals surface area (Å²) in [5.74, 6) is 0. The Kier molecular flexibility index (Phi) is 3.54. The van der Waals surface area contributed by atoms with Gasteiger partial charge in [-0.3, -0.25) is 4.68 Å². The molecule has 0 fully saturated rings. The average Bonchev–Trinajstić information content (AvgIpc) is 3.21. The van der Waals surface area contributed by atoms with Gasteiger partial charge in [-0.2, -0.15) is 5.10 Å². The Morgan fingerprint density at radius 1 is 1.00 bits per heavy atom. The van der Waals surface area contributed by atoms with Gasteiger partial charge in [0.15, 0.2) is 0 Å². The first-order valence-corrected chi connectivity index (χ1v) is 7.99. The molecule has 0 amide bonds. The highest BCUT2D eigenvalue weighted by atomic mass is 15.3. The van der Waals surface area contributed by atoms with Crippen molar-refractivity contribution in [3.63, 3.8) is 0 Å². The monoisotopic (exact) mass is 317 g/mol. The quantitative estimate of drug-likeness (QED) is 0.621. The van der Waals surface area contributed by atoms with E-state index in [9.17, 15) is 0 Å². The minimum Gasteiger partial charge on any atom is -0.377 e. The number of benzene rings is 1. The highest BCUT2D eigenvalue weighted by molar-refractivity contribution is 5.65. The number of aromatic nitrogens is 4. The third-order valence-electron chi connectivity index (χ3n) is 4.11. The smallest absolute Gasteiger partial charge is 0.137 e. The molecule has 24 heavy (non-hydrogen) atoms. The number of hydrogen-bond acceptors (Lipinski definition) is 3. The maximum absolute atomic E-state index is 4.65. The molecule has 1 atom stereocenters. The van der Waals surface area contributed by atoms with E-state index in [1.807, 2.05) is 59.0 Å². The van der Waals surface area contributed by atoms with Crippen LogP contribution in [0.1, 0.15) is 18.7 Å². The molecule has 0 aliphatic rings. The van der Waals surface area contributed by atoms with Crippen molar-refractivity contribution in [2.45, 2.75) is 13.0 Å². The summed E-state index contributed by atoms with van der Waals surface area (Å²) in [5.41, 5.74) is 5.14. The summed E-state index contributed by atoms with van der Waals surface area (Å²) in [4.78, 5) is 4.65. The number of hydrogen-bond donors (Lipinski definition) is 1. The summed E-state index contributed by atoms with van der Waals surface area (Å²) in [7, 11) is 1.93. The second-order valence-corrected chi connectivity index (χ2v) is 5.95. The van der Waals surface area contributed by atoms with E-state index in [4.69, 9.17) is 0 Å². The number of fused-ring (bicyclic) bond motifs is 1. The summed E-state index contributed by atoms with van der Waals surface area (Å²) in [5, 5.41) is 7.91. The van der Waals surface area contributed by atoms with Crippen LogP contribution in [0.15, 0.2) is 67.1 Å². The SMILES string of the molecule is CC(Nc1ccc(-c2cn3ccccc3n2)cc1)c1ccn(C)n1. The van der Waals surface area contributed by atoms with E-state index in [1.54, 1.807) is 0 Å². The molecule has 0 saturated heterocycles. The first-order chi connectivity index (χ1) is 11.7. The third kappa shape index (κ3) is 2.76. The van der Waals surface area contributed by atoms with Crippen LogP contribution in [0.25, 0.3) is 16.9 Å². The summed E-state index contributed by atoms with van der Waals surface area (Å²) < 4.78 is 3.85. The minimum absolute atomic E-state index is 0.159. The Labute approximate surface area is 140 Å². The van der Waals surface area contributed by atoms with Crippen LogP contribution in [0.3, 0.4) is 0 Å². The van der Waals surface area contributed by atoms with Crippen molar-refractivity contribution in [2.24, 2.45) is 7.05 Å². The zero-order valence-electron chi connectivity index (χ0n) is 13.7. The van der Waals surface area contributed by atoms with Gasteiger partial charge in [-0.1, -0.05) is 18.2 Å². The van der Waals surface area contributed by atoms with E-state index in [0.29, 0.717) is 0 Å². The van der Waals surface area contributed by atoms with Crippen LogP contribution in [0.4, 0.5) is 5.69 Å². The number of nitrogens with one attached hydrogen (secondary N) is 1. The molecular formula is C19H19N5. The van der Waals surface area contributed by atoms with Crippen molar-refractivity contribution < 1.29 is 0 Å². The van der Waals surface area contributed by atoms with Gasteiger partial charge in [0.2, 0.25) is 0 Å². The van der Waals surface area contributed by atoms with Crippen LogP contribution in [0, 0.1) is 0 Å². The van der Waals surface area contributed by atoms with E-state index in [1.165, 1.54) is 0 Å². The molecule has 0 saturated carbocycles. The molecule has 1 N–H and O–H groups in total. The summed E-state index contributed by atoms with van der Waals surface area (Å²) >= 11 is 0. The summed E-state index contributed by atoms with van der Waals surface area (Å²) in [6, 6.07) is 16.5. The normalized spacial score (nSPS) is 12.4. The zero-order valence-corrected chi connectivity index (χ0v) is 13.7. The number of nitrogens with zero attached hydrogens (tertiary/aromatic N) is 4. The van der Waals surface area contributed by atoms with Gasteiger partial charge in [0.05, 0.1) is 17.4 Å². The Morgan fingerprint density at radius 3 is 2.54 bits per heavy atom. The second kappa shape index (κ2) is 5.85. The molecule has 0 radical (unpaired) electrons. The van der Waals surface area contributed by atoms with Gasteiger partial charge in [-0.25, -0.2) is 4.98 Å². The Hall–Kier alpha value is -3.08. The van der Waals surface area contributed by atoms with Crippen LogP contribution < -0.4 is 5.32 Å². The molecule has 4 aromatic rings. The summed E-state index contributed by atoms with van der Waals surface area (Å²) in [6.07, 6.45) is 6.02. The van der Waals surface area contributed by atoms with Gasteiger partial charge >= 0.3 is 0 Å². The van der Waals surface area contributed by atoms with Gasteiger partial charge in [-0.15, -0.1) is 0 Å². The fourth-order valence-electron chi connectivity index (χ4n) is 2.80. The van der Waals surface area contributed by atoms with Crippen molar-refractivity contribution in [3.05, 3.63) is 72.8 Å². The molecule has 120 valence electrons. The predicted octanol–water partition coefficient (Wildman–Crippen LogP) is 3.91. The lowest BCUT2D eigenvalue weighted by Gasteiger charge is -2.13. The van der Waals surface area contributed by atoms with E-state index >= 15 is 0 Å². The maximum atomic E-state index is 4.65. The lowest BCUT2D eigenvalue weighted by molar-refractivity contribution is 0.718. The number of pyridine rings is 1. The molecule has 3 aromatic heterocycles. The molecule has 0 aliphatic heterocycles. The number of anilines is 1. The van der Waals surface area contributed by atoms with Crippen molar-refractivity contribution in [1.82, 2.24) is 19.2 Å². The standard InChI is InChI=1S/C19H19N5/c1-14(17-10-12-23(2)22-17)20-16-8-6-15(7-9-16)18-13-24-11-4-3-5-19(24)21-18/h3-14,20H,1-2H3. The maximum Gasteiger partial charge on any atom is 0.137 e. The van der Waals surface area contributed by atoms with Crippen LogP contribution in [0.5, 0.6) is 0 Å². The predicted molar refractivity (Wildman–Crippen MR) is 95.9 cm³/mol. The number of aryl methyl sites for hydroxylation is 1. The van der Waals surface area contributed by atoms with Gasteiger partial charge < -0.3 is 9.72 Å². The van der Waals surface area contributed by atoms with Crippen LogP contribution in [-0.4, -0.2) is 19.2 Å². The molecule has 0 spiro atoms. The van der Waals surface area contributed by atoms with Gasteiger partial charge in [0.25, 0.3) is 0 Å². The number of rotatable bonds is 4. The van der Waals surface area contributed by atoms with E-state index in [-0.39, 0.29) is 6.04 Å². The second-order valence-electron chi connectivity index (χ2n) is 5.95. The molecule has 0 bridgehead atoms. The van der Waals surface area contributed by atoms with E-state index in [2.05, 4.69) is 46.6 Å². The van der Waals surface area contributed by atoms with Crippen LogP contribution in [-0.2, 0) is 7.05 Å². The molecular weight excluding hydrogens is 298 g/mol. The summed E-state index contributed by atoms with van der Waals surface area (Å²) in [6.45, 7) is 2.11. The van der Waals surface area contributed by atoms with Gasteiger partial charge in [0.1, 0.15) is 5.65 Å². The highest BCUT2D eigenvalue weighted by Gasteiger charge is 2.09. The van der Waals surface area contributed by atoms with Crippen molar-refractivity contribution >= 4 is 11.3 Å². The van der Waals surface area contributed by atoms with Crippen LogP contribution >= 0.6 is 0 Å². The molecule has 5 heteroatoms. The van der Waals surface area contributed by atoms with Gasteiger partial charge in [-0.05, 0) is 37.3 Å². The van der Waals surface area contributed by atoms with Crippen molar-refractivity contribution in [2.75, 3.05) is 5.32 Å². The lowest BCUT2D eigenvalue weighted by atomic mass is 10.1. The number of imidazole rings is 1. The Morgan fingerprint density at radius 2 is 1.83 bits per heavy atom. The third-order valence-corrected chi connectivity index (χ3v) is 4.11. The Balaban J connectivity index is 1.54. The average molecular weight is 317 g/mol. The van der Waals surface area contributed by atoms with Crippen molar-refractivity contribution in [3.8, 4) is 11.3 Å². The molecule has 4 rings (SSSR count). The Bertz CT molecular complexity index is 932. The molecule has 1 aromatic carbocycles. The minimum atomic E-state index is 0.159. The lowest BCUT2D eigenvalue weighted by Crippen LogP contribution is -2.07. The van der Waals surface area contributed by atoms with Crippen LogP contribution in [0.2, 0.25) is 0 Å². The fraction of sp³-hybridized carbons (Fsp3) is 0.158. The molecule has 0 aliphatic carbocycles. The largest absolute Gasteiger partial charge is 0.377 e. The van der Waals surface area contributed by atoms with E-state index < -0.39 is 0 Å². The first kappa shape index (κ1) is 14.5. The van der Waals surface area contributed by atoms with Gasteiger partial charge in [0, 0.05) is 36.9 Å². The molecule has 1 unspecified atom stereocenters. The fourth-order valence-corrected chi connectivity index (χ4v) is 2.80. The van der Waals surface area contributed by atoms with Crippen molar-refractivity contribution in [1.29, 1.82) is 0 Å².